The number of aryl methyl sites for hydroxylation is 2. The van der Waals surface area contributed by atoms with Crippen molar-refractivity contribution in [1.29, 1.82) is 0 Å². The van der Waals surface area contributed by atoms with Crippen LogP contribution in [-0.2, 0) is 12.8 Å². The van der Waals surface area contributed by atoms with Gasteiger partial charge >= 0.3 is 0 Å². The van der Waals surface area contributed by atoms with Gasteiger partial charge in [-0.1, -0.05) is 107 Å². The number of rotatable bonds is 11. The molecule has 0 atom stereocenters. The van der Waals surface area contributed by atoms with Crippen LogP contribution in [0.4, 0.5) is 4.39 Å². The van der Waals surface area contributed by atoms with E-state index in [0.29, 0.717) is 11.1 Å². The van der Waals surface area contributed by atoms with E-state index in [9.17, 15) is 4.39 Å². The van der Waals surface area contributed by atoms with Crippen LogP contribution < -0.4 is 0 Å². The third-order valence-electron chi connectivity index (χ3n) is 6.46. The summed E-state index contributed by atoms with van der Waals surface area (Å²) in [5.41, 5.74) is 5.59. The molecular weight excluding hydrogens is 439 g/mol. The first-order valence-electron chi connectivity index (χ1n) is 13.7. The van der Waals surface area contributed by atoms with Crippen LogP contribution in [0, 0.1) is 29.5 Å². The van der Waals surface area contributed by atoms with Crippen molar-refractivity contribution < 1.29 is 4.39 Å². The number of unbranched alkanes of at least 4 members (excludes halogenated alkanes) is 7. The van der Waals surface area contributed by atoms with E-state index in [0.717, 1.165) is 24.0 Å². The summed E-state index contributed by atoms with van der Waals surface area (Å²) in [6.45, 7) is 4.47. The molecule has 0 heterocycles. The van der Waals surface area contributed by atoms with Crippen molar-refractivity contribution in [3.63, 3.8) is 0 Å². The molecule has 36 heavy (non-hydrogen) atoms. The number of halogens is 1. The fourth-order valence-electron chi connectivity index (χ4n) is 4.18. The van der Waals surface area contributed by atoms with Gasteiger partial charge in [-0.05, 0) is 79.3 Å². The molecule has 0 nitrogen and oxygen atoms in total. The van der Waals surface area contributed by atoms with Crippen molar-refractivity contribution in [2.75, 3.05) is 0 Å². The molecule has 3 aromatic carbocycles. The van der Waals surface area contributed by atoms with E-state index in [4.69, 9.17) is 0 Å². The lowest BCUT2D eigenvalue weighted by Gasteiger charge is -2.02. The highest BCUT2D eigenvalue weighted by Crippen LogP contribution is 2.13. The van der Waals surface area contributed by atoms with Crippen molar-refractivity contribution in [3.8, 4) is 23.7 Å². The van der Waals surface area contributed by atoms with Crippen molar-refractivity contribution in [2.45, 2.75) is 84.5 Å². The number of hydrogen-bond acceptors (Lipinski definition) is 0. The first-order valence-corrected chi connectivity index (χ1v) is 13.7. The largest absolute Gasteiger partial charge is 0.206 e. The lowest BCUT2D eigenvalue weighted by Crippen LogP contribution is -1.88. The maximum atomic E-state index is 14.6. The Kier molecular flexibility index (Phi) is 11.9. The van der Waals surface area contributed by atoms with Crippen LogP contribution in [0.1, 0.15) is 105 Å². The molecule has 0 fully saturated rings. The van der Waals surface area contributed by atoms with Gasteiger partial charge in [-0.25, -0.2) is 4.39 Å². The molecule has 0 aliphatic rings. The first kappa shape index (κ1) is 27.3. The minimum atomic E-state index is -0.333. The molecule has 186 valence electrons. The summed E-state index contributed by atoms with van der Waals surface area (Å²) in [4.78, 5) is 0. The van der Waals surface area contributed by atoms with Gasteiger partial charge in [0.15, 0.2) is 0 Å². The Morgan fingerprint density at radius 1 is 0.500 bits per heavy atom. The van der Waals surface area contributed by atoms with Gasteiger partial charge in [0.1, 0.15) is 5.82 Å². The van der Waals surface area contributed by atoms with E-state index in [2.05, 4.69) is 61.8 Å². The summed E-state index contributed by atoms with van der Waals surface area (Å²) in [6.07, 6.45) is 13.8. The van der Waals surface area contributed by atoms with Gasteiger partial charge in [-0.15, -0.1) is 0 Å². The second kappa shape index (κ2) is 15.7. The molecule has 0 aliphatic heterocycles. The molecule has 0 aliphatic carbocycles. The topological polar surface area (TPSA) is 0 Å². The minimum absolute atomic E-state index is 0.333. The molecule has 1 heteroatoms. The average Bonchev–Trinajstić information content (AvgIpc) is 2.90. The molecule has 0 N–H and O–H groups in total. The zero-order valence-electron chi connectivity index (χ0n) is 22.0. The Bertz CT molecular complexity index is 1180. The maximum absolute atomic E-state index is 14.6. The summed E-state index contributed by atoms with van der Waals surface area (Å²) in [5.74, 6) is 11.9. The SMILES string of the molecule is CCCCCCCCc1ccc(C#Cc2ccc(C#Cc3ccc(CCCCC)cc3)cc2F)cc1. The van der Waals surface area contributed by atoms with Gasteiger partial charge in [-0.3, -0.25) is 0 Å². The van der Waals surface area contributed by atoms with Gasteiger partial charge in [0.2, 0.25) is 0 Å². The Hall–Kier alpha value is -3.29. The van der Waals surface area contributed by atoms with Crippen molar-refractivity contribution in [1.82, 2.24) is 0 Å². The summed E-state index contributed by atoms with van der Waals surface area (Å²) in [6, 6.07) is 21.7. The lowest BCUT2D eigenvalue weighted by atomic mass is 10.0. The molecule has 0 unspecified atom stereocenters. The van der Waals surface area contributed by atoms with Gasteiger partial charge in [0.05, 0.1) is 5.56 Å². The standard InChI is InChI=1S/C35H39F/c1-3-5-7-8-9-11-13-30-16-20-32(21-17-30)24-26-34-27-25-33(28-35(34)36)23-22-31-18-14-29(15-19-31)12-10-6-4-2/h14-21,25,27-28H,3-13H2,1-2H3. The van der Waals surface area contributed by atoms with Crippen molar-refractivity contribution >= 4 is 0 Å². The number of hydrogen-bond donors (Lipinski definition) is 0. The summed E-state index contributed by atoms with van der Waals surface area (Å²) in [7, 11) is 0. The first-order chi connectivity index (χ1) is 17.7. The summed E-state index contributed by atoms with van der Waals surface area (Å²) >= 11 is 0. The Morgan fingerprint density at radius 3 is 1.53 bits per heavy atom. The summed E-state index contributed by atoms with van der Waals surface area (Å²) in [5, 5.41) is 0. The highest BCUT2D eigenvalue weighted by Gasteiger charge is 2.01. The predicted octanol–water partition coefficient (Wildman–Crippen LogP) is 9.26. The van der Waals surface area contributed by atoms with Gasteiger partial charge in [0, 0.05) is 16.7 Å². The van der Waals surface area contributed by atoms with E-state index in [1.54, 1.807) is 6.07 Å². The predicted molar refractivity (Wildman–Crippen MR) is 152 cm³/mol. The second-order valence-corrected chi connectivity index (χ2v) is 9.56. The second-order valence-electron chi connectivity index (χ2n) is 9.56. The Morgan fingerprint density at radius 2 is 0.944 bits per heavy atom. The Balaban J connectivity index is 1.53. The molecule has 0 bridgehead atoms. The van der Waals surface area contributed by atoms with E-state index in [-0.39, 0.29) is 5.82 Å². The maximum Gasteiger partial charge on any atom is 0.140 e. The van der Waals surface area contributed by atoms with Crippen LogP contribution in [0.3, 0.4) is 0 Å². The molecule has 0 aromatic heterocycles. The minimum Gasteiger partial charge on any atom is -0.206 e. The molecule has 0 saturated carbocycles. The zero-order valence-corrected chi connectivity index (χ0v) is 22.0. The third-order valence-corrected chi connectivity index (χ3v) is 6.46. The molecule has 3 rings (SSSR count). The van der Waals surface area contributed by atoms with Crippen LogP contribution >= 0.6 is 0 Å². The average molecular weight is 479 g/mol. The normalized spacial score (nSPS) is 10.3. The summed E-state index contributed by atoms with van der Waals surface area (Å²) < 4.78 is 14.6. The van der Waals surface area contributed by atoms with Gasteiger partial charge < -0.3 is 0 Å². The van der Waals surface area contributed by atoms with Crippen LogP contribution in [-0.4, -0.2) is 0 Å². The molecule has 0 saturated heterocycles. The van der Waals surface area contributed by atoms with Crippen LogP contribution in [0.15, 0.2) is 66.7 Å². The lowest BCUT2D eigenvalue weighted by molar-refractivity contribution is 0.607. The fourth-order valence-corrected chi connectivity index (χ4v) is 4.18. The third kappa shape index (κ3) is 9.76. The number of benzene rings is 3. The van der Waals surface area contributed by atoms with E-state index < -0.39 is 0 Å². The monoisotopic (exact) mass is 478 g/mol. The molecule has 0 spiro atoms. The zero-order chi connectivity index (χ0) is 25.4. The molecule has 0 radical (unpaired) electrons. The van der Waals surface area contributed by atoms with Gasteiger partial charge in [-0.2, -0.15) is 0 Å². The molecule has 3 aromatic rings. The molecular formula is C35H39F. The van der Waals surface area contributed by atoms with E-state index >= 15 is 0 Å². The highest BCUT2D eigenvalue weighted by molar-refractivity contribution is 5.49. The van der Waals surface area contributed by atoms with Gasteiger partial charge in [0.25, 0.3) is 0 Å². The van der Waals surface area contributed by atoms with E-state index in [1.165, 1.54) is 75.0 Å². The Labute approximate surface area is 218 Å². The quantitative estimate of drug-likeness (QED) is 0.190. The van der Waals surface area contributed by atoms with Crippen molar-refractivity contribution in [3.05, 3.63) is 106 Å². The van der Waals surface area contributed by atoms with Crippen LogP contribution in [0.25, 0.3) is 0 Å². The van der Waals surface area contributed by atoms with E-state index in [1.807, 2.05) is 30.3 Å². The highest BCUT2D eigenvalue weighted by atomic mass is 19.1. The smallest absolute Gasteiger partial charge is 0.140 e. The van der Waals surface area contributed by atoms with Crippen molar-refractivity contribution in [2.24, 2.45) is 0 Å². The van der Waals surface area contributed by atoms with Crippen LogP contribution in [0.2, 0.25) is 0 Å². The molecule has 0 amide bonds. The van der Waals surface area contributed by atoms with Crippen LogP contribution in [0.5, 0.6) is 0 Å². The fraction of sp³-hybridized carbons (Fsp3) is 0.371.